The molecule has 1 N–H and O–H groups in total. The summed E-state index contributed by atoms with van der Waals surface area (Å²) >= 11 is 6.08. The van der Waals surface area contributed by atoms with Crippen LogP contribution in [0, 0.1) is 0 Å². The molecule has 1 amide bonds. The minimum Gasteiger partial charge on any atom is -0.344 e. The zero-order chi connectivity index (χ0) is 19.0. The largest absolute Gasteiger partial charge is 0.344 e. The van der Waals surface area contributed by atoms with E-state index in [-0.39, 0.29) is 5.75 Å². The second-order valence-electron chi connectivity index (χ2n) is 6.27. The maximum absolute atomic E-state index is 12.4. The lowest BCUT2D eigenvalue weighted by Gasteiger charge is -2.20. The van der Waals surface area contributed by atoms with Crippen LogP contribution in [0.5, 0.6) is 0 Å². The molecule has 1 atom stereocenters. The van der Waals surface area contributed by atoms with Crippen LogP contribution in [0.4, 0.5) is 0 Å². The van der Waals surface area contributed by atoms with E-state index in [0.717, 1.165) is 24.0 Å². The zero-order valence-corrected chi connectivity index (χ0v) is 16.4. The Balaban J connectivity index is 2.16. The lowest BCUT2D eigenvalue weighted by Crippen LogP contribution is -2.34. The van der Waals surface area contributed by atoms with Crippen molar-refractivity contribution >= 4 is 27.3 Å². The van der Waals surface area contributed by atoms with Crippen LogP contribution in [0.3, 0.4) is 0 Å². The molecule has 2 rings (SSSR count). The van der Waals surface area contributed by atoms with Crippen molar-refractivity contribution in [3.8, 4) is 0 Å². The van der Waals surface area contributed by atoms with Gasteiger partial charge in [0.2, 0.25) is 5.91 Å². The van der Waals surface area contributed by atoms with Crippen molar-refractivity contribution in [3.05, 3.63) is 70.7 Å². The highest BCUT2D eigenvalue weighted by Gasteiger charge is 2.21. The molecule has 140 valence electrons. The third-order valence-corrected chi connectivity index (χ3v) is 5.88. The van der Waals surface area contributed by atoms with E-state index in [1.54, 1.807) is 18.2 Å². The number of amides is 1. The first-order valence-corrected chi connectivity index (χ1v) is 10.9. The van der Waals surface area contributed by atoms with Crippen molar-refractivity contribution in [2.45, 2.75) is 32.2 Å². The number of nitrogens with one attached hydrogen (secondary N) is 1. The van der Waals surface area contributed by atoms with E-state index in [9.17, 15) is 13.2 Å². The Labute approximate surface area is 160 Å². The van der Waals surface area contributed by atoms with Gasteiger partial charge in [-0.25, -0.2) is 8.42 Å². The van der Waals surface area contributed by atoms with Gasteiger partial charge < -0.3 is 5.32 Å². The molecule has 0 saturated heterocycles. The maximum atomic E-state index is 12.4. The van der Waals surface area contributed by atoms with Crippen LogP contribution in [0.15, 0.2) is 54.6 Å². The van der Waals surface area contributed by atoms with Gasteiger partial charge in [-0.2, -0.15) is 0 Å². The van der Waals surface area contributed by atoms with Gasteiger partial charge >= 0.3 is 0 Å². The Morgan fingerprint density at radius 3 is 2.38 bits per heavy atom. The molecule has 26 heavy (non-hydrogen) atoms. The van der Waals surface area contributed by atoms with Gasteiger partial charge in [-0.15, -0.1) is 0 Å². The highest BCUT2D eigenvalue weighted by molar-refractivity contribution is 7.92. The fraction of sp³-hybridized carbons (Fsp3) is 0.350. The highest BCUT2D eigenvalue weighted by atomic mass is 35.5. The molecule has 2 aromatic carbocycles. The molecule has 0 bridgehead atoms. The smallest absolute Gasteiger partial charge is 0.235 e. The molecule has 1 unspecified atom stereocenters. The molecule has 0 fully saturated rings. The average molecular weight is 394 g/mol. The van der Waals surface area contributed by atoms with Crippen LogP contribution in [0.2, 0.25) is 5.02 Å². The lowest BCUT2D eigenvalue weighted by atomic mass is 9.99. The second-order valence-corrected chi connectivity index (χ2v) is 8.89. The van der Waals surface area contributed by atoms with Gasteiger partial charge in [-0.05, 0) is 29.7 Å². The normalized spacial score (nSPS) is 12.5. The van der Waals surface area contributed by atoms with Crippen LogP contribution >= 0.6 is 11.6 Å². The van der Waals surface area contributed by atoms with Crippen molar-refractivity contribution in [2.24, 2.45) is 0 Å². The number of hydrogen-bond acceptors (Lipinski definition) is 3. The topological polar surface area (TPSA) is 63.2 Å². The minimum absolute atomic E-state index is 0.0431. The monoisotopic (exact) mass is 393 g/mol. The summed E-state index contributed by atoms with van der Waals surface area (Å²) in [5.41, 5.74) is 1.67. The van der Waals surface area contributed by atoms with Gasteiger partial charge in [-0.3, -0.25) is 4.79 Å². The van der Waals surface area contributed by atoms with E-state index in [1.165, 1.54) is 0 Å². The van der Waals surface area contributed by atoms with E-state index in [1.807, 2.05) is 43.3 Å². The number of halogens is 1. The number of benzene rings is 2. The fourth-order valence-corrected chi connectivity index (χ4v) is 4.21. The second kappa shape index (κ2) is 9.74. The maximum Gasteiger partial charge on any atom is 0.235 e. The standard InChI is InChI=1S/C20H24ClNO3S/c1-2-3-7-13-26(24,25)15-19(23)22-20(16-9-5-4-6-10-16)17-11-8-12-18(21)14-17/h4-6,8-12,14,20H,2-3,7,13,15H2,1H3,(H,22,23). The molecule has 0 aliphatic carbocycles. The summed E-state index contributed by atoms with van der Waals surface area (Å²) in [6, 6.07) is 16.2. The molecule has 0 aromatic heterocycles. The predicted molar refractivity (Wildman–Crippen MR) is 106 cm³/mol. The van der Waals surface area contributed by atoms with Crippen LogP contribution in [-0.2, 0) is 14.6 Å². The first kappa shape index (κ1) is 20.5. The number of hydrogen-bond donors (Lipinski definition) is 1. The van der Waals surface area contributed by atoms with Crippen molar-refractivity contribution in [1.82, 2.24) is 5.32 Å². The van der Waals surface area contributed by atoms with Crippen molar-refractivity contribution in [1.29, 1.82) is 0 Å². The molecule has 0 saturated carbocycles. The number of carbonyl (C=O) groups is 1. The Bertz CT molecular complexity index is 822. The summed E-state index contributed by atoms with van der Waals surface area (Å²) in [6.07, 6.45) is 2.37. The summed E-state index contributed by atoms with van der Waals surface area (Å²) in [7, 11) is -3.41. The van der Waals surface area contributed by atoms with E-state index >= 15 is 0 Å². The van der Waals surface area contributed by atoms with Crippen LogP contribution in [-0.4, -0.2) is 25.8 Å². The third-order valence-electron chi connectivity index (χ3n) is 4.03. The van der Waals surface area contributed by atoms with Gasteiger partial charge in [-0.1, -0.05) is 73.8 Å². The molecule has 0 spiro atoms. The highest BCUT2D eigenvalue weighted by Crippen LogP contribution is 2.24. The fourth-order valence-electron chi connectivity index (χ4n) is 2.74. The molecule has 0 aliphatic rings. The Morgan fingerprint density at radius 2 is 1.73 bits per heavy atom. The van der Waals surface area contributed by atoms with Gasteiger partial charge in [0.25, 0.3) is 0 Å². The Morgan fingerprint density at radius 1 is 1.04 bits per heavy atom. The van der Waals surface area contributed by atoms with Crippen molar-refractivity contribution in [2.75, 3.05) is 11.5 Å². The molecule has 0 radical (unpaired) electrons. The minimum atomic E-state index is -3.41. The van der Waals surface area contributed by atoms with Crippen LogP contribution < -0.4 is 5.32 Å². The third kappa shape index (κ3) is 6.46. The van der Waals surface area contributed by atoms with Crippen molar-refractivity contribution < 1.29 is 13.2 Å². The Hall–Kier alpha value is -1.85. The first-order valence-electron chi connectivity index (χ1n) is 8.71. The zero-order valence-electron chi connectivity index (χ0n) is 14.8. The molecular weight excluding hydrogens is 370 g/mol. The average Bonchev–Trinajstić information content (AvgIpc) is 2.60. The molecule has 0 aliphatic heterocycles. The number of sulfone groups is 1. The summed E-state index contributed by atoms with van der Waals surface area (Å²) in [5, 5.41) is 3.41. The van der Waals surface area contributed by atoms with Crippen LogP contribution in [0.1, 0.15) is 43.4 Å². The van der Waals surface area contributed by atoms with E-state index in [2.05, 4.69) is 5.32 Å². The number of carbonyl (C=O) groups excluding carboxylic acids is 1. The Kier molecular flexibility index (Phi) is 7.66. The quantitative estimate of drug-likeness (QED) is 0.651. The van der Waals surface area contributed by atoms with E-state index in [4.69, 9.17) is 11.6 Å². The summed E-state index contributed by atoms with van der Waals surface area (Å²) in [6.45, 7) is 2.01. The van der Waals surface area contributed by atoms with Gasteiger partial charge in [0.05, 0.1) is 11.8 Å². The molecular formula is C20H24ClNO3S. The summed E-state index contributed by atoms with van der Waals surface area (Å²) in [5.74, 6) is -0.961. The molecule has 6 heteroatoms. The number of unbranched alkanes of at least 4 members (excludes halogenated alkanes) is 2. The summed E-state index contributed by atoms with van der Waals surface area (Å²) < 4.78 is 24.3. The van der Waals surface area contributed by atoms with Gasteiger partial charge in [0.1, 0.15) is 5.75 Å². The van der Waals surface area contributed by atoms with E-state index < -0.39 is 27.5 Å². The first-order chi connectivity index (χ1) is 12.4. The number of rotatable bonds is 9. The van der Waals surface area contributed by atoms with E-state index in [0.29, 0.717) is 11.4 Å². The lowest BCUT2D eigenvalue weighted by molar-refractivity contribution is -0.119. The van der Waals surface area contributed by atoms with Gasteiger partial charge in [0, 0.05) is 5.02 Å². The van der Waals surface area contributed by atoms with Gasteiger partial charge in [0.15, 0.2) is 9.84 Å². The summed E-state index contributed by atoms with van der Waals surface area (Å²) in [4.78, 5) is 12.4. The van der Waals surface area contributed by atoms with Crippen molar-refractivity contribution in [3.63, 3.8) is 0 Å². The molecule has 2 aromatic rings. The predicted octanol–water partition coefficient (Wildman–Crippen LogP) is 4.15. The SMILES string of the molecule is CCCCCS(=O)(=O)CC(=O)NC(c1ccccc1)c1cccc(Cl)c1. The van der Waals surface area contributed by atoms with Crippen LogP contribution in [0.25, 0.3) is 0 Å². The molecule has 4 nitrogen and oxygen atoms in total. The molecule has 0 heterocycles.